The number of thiol groups is 1. The molecule has 1 unspecified atom stereocenters. The third kappa shape index (κ3) is 5.47. The molecular formula is C26H29HfO3S. The zero-order valence-corrected chi connectivity index (χ0v) is 22.9. The van der Waals surface area contributed by atoms with Crippen LogP contribution in [-0.4, -0.2) is 21.3 Å². The molecule has 5 heteroatoms. The molecule has 3 nitrogen and oxygen atoms in total. The van der Waals surface area contributed by atoms with Crippen LogP contribution in [-0.2, 0) is 28.4 Å². The smallest absolute Gasteiger partial charge is 0.0308 e. The van der Waals surface area contributed by atoms with E-state index in [1.807, 2.05) is 0 Å². The summed E-state index contributed by atoms with van der Waals surface area (Å²) >= 11 is -3.25. The number of benzene rings is 3. The molecule has 3 aromatic rings. The van der Waals surface area contributed by atoms with Crippen molar-refractivity contribution in [1.82, 2.24) is 0 Å². The number of rotatable bonds is 5. The SMILES string of the molecule is C[O][Hf]([SH])([O]C)[O]C.[CH2]c1ccccc1C1C(C)=Cc2c(-c3ccccc3)cccc21. The van der Waals surface area contributed by atoms with E-state index < -0.39 is 19.8 Å². The Kier molecular flexibility index (Phi) is 8.48. The van der Waals surface area contributed by atoms with Crippen molar-refractivity contribution in [2.45, 2.75) is 12.8 Å². The Hall–Kier alpha value is -1.50. The van der Waals surface area contributed by atoms with Crippen molar-refractivity contribution in [3.05, 3.63) is 108 Å². The predicted molar refractivity (Wildman–Crippen MR) is 128 cm³/mol. The van der Waals surface area contributed by atoms with Gasteiger partial charge < -0.3 is 0 Å². The van der Waals surface area contributed by atoms with Crippen LogP contribution in [0.25, 0.3) is 17.2 Å². The number of hydrogen-bond donors (Lipinski definition) is 1. The molecule has 1 aliphatic carbocycles. The minimum atomic E-state index is -3.25. The van der Waals surface area contributed by atoms with Gasteiger partial charge in [-0.25, -0.2) is 0 Å². The molecule has 1 radical (unpaired) electrons. The van der Waals surface area contributed by atoms with Gasteiger partial charge in [0.25, 0.3) is 0 Å². The van der Waals surface area contributed by atoms with Crippen LogP contribution in [0.1, 0.15) is 35.1 Å². The van der Waals surface area contributed by atoms with E-state index in [2.05, 4.69) is 102 Å². The minimum absolute atomic E-state index is 0.322. The van der Waals surface area contributed by atoms with Crippen molar-refractivity contribution in [2.75, 3.05) is 21.3 Å². The van der Waals surface area contributed by atoms with Gasteiger partial charge in [-0.2, -0.15) is 0 Å². The molecule has 0 N–H and O–H groups in total. The first-order valence-electron chi connectivity index (χ1n) is 10.1. The molecule has 3 aromatic carbocycles. The Morgan fingerprint density at radius 2 is 1.35 bits per heavy atom. The van der Waals surface area contributed by atoms with Crippen LogP contribution >= 0.6 is 9.45 Å². The molecule has 0 bridgehead atoms. The first kappa shape index (κ1) is 24.1. The van der Waals surface area contributed by atoms with Crippen LogP contribution in [0.15, 0.2) is 78.4 Å². The molecule has 1 aliphatic rings. The van der Waals surface area contributed by atoms with Crippen LogP contribution in [0.2, 0.25) is 0 Å². The fourth-order valence-corrected chi connectivity index (χ4v) is 5.70. The topological polar surface area (TPSA) is 27.7 Å². The van der Waals surface area contributed by atoms with Crippen LogP contribution in [0.5, 0.6) is 0 Å². The second-order valence-electron chi connectivity index (χ2n) is 7.33. The third-order valence-corrected chi connectivity index (χ3v) is 15.5. The molecule has 161 valence electrons. The van der Waals surface area contributed by atoms with E-state index in [-0.39, 0.29) is 0 Å². The Bertz CT molecular complexity index is 1040. The average molecular weight is 600 g/mol. The number of hydrogen-bond acceptors (Lipinski definition) is 4. The van der Waals surface area contributed by atoms with E-state index in [0.29, 0.717) is 5.92 Å². The molecular weight excluding hydrogens is 571 g/mol. The molecule has 0 amide bonds. The quantitative estimate of drug-likeness (QED) is 0.260. The Morgan fingerprint density at radius 3 is 1.94 bits per heavy atom. The second kappa shape index (κ2) is 10.9. The van der Waals surface area contributed by atoms with E-state index >= 15 is 0 Å². The molecule has 0 saturated heterocycles. The summed E-state index contributed by atoms with van der Waals surface area (Å²) in [5.41, 5.74) is 9.14. The third-order valence-electron chi connectivity index (χ3n) is 5.50. The Labute approximate surface area is 195 Å². The summed E-state index contributed by atoms with van der Waals surface area (Å²) in [5.74, 6) is 0.322. The fraction of sp³-hybridized carbons (Fsp3) is 0.192. The van der Waals surface area contributed by atoms with Gasteiger partial charge in [-0.15, -0.1) is 0 Å². The molecule has 0 aromatic heterocycles. The van der Waals surface area contributed by atoms with Crippen molar-refractivity contribution in [3.63, 3.8) is 0 Å². The summed E-state index contributed by atoms with van der Waals surface area (Å²) in [6, 6.07) is 25.7. The Morgan fingerprint density at radius 1 is 0.774 bits per heavy atom. The van der Waals surface area contributed by atoms with E-state index in [0.717, 1.165) is 5.56 Å². The van der Waals surface area contributed by atoms with Crippen LogP contribution in [0.4, 0.5) is 0 Å². The predicted octanol–water partition coefficient (Wildman–Crippen LogP) is 6.75. The van der Waals surface area contributed by atoms with Gasteiger partial charge in [0, 0.05) is 5.92 Å². The fourth-order valence-electron chi connectivity index (χ4n) is 3.90. The minimum Gasteiger partial charge on any atom is -0.0622 e. The summed E-state index contributed by atoms with van der Waals surface area (Å²) in [5, 5.41) is 0. The summed E-state index contributed by atoms with van der Waals surface area (Å²) in [4.78, 5) is 0. The standard InChI is InChI=1S/C23H19.3CH3O.Hf.H2S/c1-16-9-6-7-12-19(16)23-17(2)15-22-20(13-8-14-21(22)23)18-10-4-3-5-11-18;3*1-2;;/h3-15,23H,1H2,2H3;3*1H3;;1H2/q;3*-1;+4;/p-1. The largest absolute Gasteiger partial charge is 0.0622 e. The molecule has 0 heterocycles. The summed E-state index contributed by atoms with van der Waals surface area (Å²) in [7, 11) is 8.70. The molecule has 0 spiro atoms. The number of allylic oxidation sites excluding steroid dienone is 1. The monoisotopic (exact) mass is 601 g/mol. The molecule has 4 rings (SSSR count). The van der Waals surface area contributed by atoms with Gasteiger partial charge in [0.05, 0.1) is 0 Å². The van der Waals surface area contributed by atoms with E-state index in [1.165, 1.54) is 33.4 Å². The van der Waals surface area contributed by atoms with Gasteiger partial charge in [-0.1, -0.05) is 84.4 Å². The van der Waals surface area contributed by atoms with Crippen molar-refractivity contribution >= 4 is 15.5 Å². The van der Waals surface area contributed by atoms with Crippen molar-refractivity contribution in [3.8, 4) is 11.1 Å². The summed E-state index contributed by atoms with van der Waals surface area (Å²) in [6.07, 6.45) is 2.34. The molecule has 0 fully saturated rings. The zero-order chi connectivity index (χ0) is 22.4. The maximum Gasteiger partial charge on any atom is 0.0308 e. The van der Waals surface area contributed by atoms with Crippen molar-refractivity contribution in [2.24, 2.45) is 0 Å². The number of fused-ring (bicyclic) bond motifs is 1. The van der Waals surface area contributed by atoms with Gasteiger partial charge in [0.15, 0.2) is 0 Å². The first-order chi connectivity index (χ1) is 14.9. The average Bonchev–Trinajstić information content (AvgIpc) is 3.15. The van der Waals surface area contributed by atoms with Crippen LogP contribution in [0.3, 0.4) is 0 Å². The van der Waals surface area contributed by atoms with Gasteiger partial charge in [0.1, 0.15) is 0 Å². The van der Waals surface area contributed by atoms with E-state index in [4.69, 9.17) is 8.56 Å². The van der Waals surface area contributed by atoms with Crippen molar-refractivity contribution in [1.29, 1.82) is 0 Å². The van der Waals surface area contributed by atoms with Gasteiger partial charge >= 0.3 is 59.2 Å². The molecule has 0 aliphatic heterocycles. The molecule has 1 atom stereocenters. The Balaban J connectivity index is 0.000000293. The maximum absolute atomic E-state index is 4.88. The molecule has 31 heavy (non-hydrogen) atoms. The van der Waals surface area contributed by atoms with Crippen LogP contribution in [0, 0.1) is 6.92 Å². The molecule has 0 saturated carbocycles. The second-order valence-corrected chi connectivity index (χ2v) is 20.0. The van der Waals surface area contributed by atoms with Gasteiger partial charge in [-0.3, -0.25) is 0 Å². The first-order valence-corrected chi connectivity index (χ1v) is 19.8. The van der Waals surface area contributed by atoms with E-state index in [1.54, 1.807) is 21.3 Å². The maximum atomic E-state index is 4.88. The van der Waals surface area contributed by atoms with Crippen LogP contribution < -0.4 is 0 Å². The normalized spacial score (nSPS) is 15.0. The summed E-state index contributed by atoms with van der Waals surface area (Å²) < 4.78 is 14.6. The van der Waals surface area contributed by atoms with E-state index in [9.17, 15) is 0 Å². The summed E-state index contributed by atoms with van der Waals surface area (Å²) in [6.45, 7) is 6.45. The van der Waals surface area contributed by atoms with Crippen molar-refractivity contribution < 1.29 is 28.4 Å². The van der Waals surface area contributed by atoms with Gasteiger partial charge in [0.2, 0.25) is 0 Å². The zero-order valence-electron chi connectivity index (χ0n) is 18.5. The van der Waals surface area contributed by atoms with Gasteiger partial charge in [-0.05, 0) is 47.2 Å².